The second kappa shape index (κ2) is 6.38. The summed E-state index contributed by atoms with van der Waals surface area (Å²) in [4.78, 5) is 0. The summed E-state index contributed by atoms with van der Waals surface area (Å²) in [5, 5.41) is 3.40. The zero-order valence-corrected chi connectivity index (χ0v) is 11.0. The first kappa shape index (κ1) is 12.1. The predicted molar refractivity (Wildman–Crippen MR) is 69.4 cm³/mol. The van der Waals surface area contributed by atoms with Crippen LogP contribution >= 0.6 is 15.9 Å². The first-order chi connectivity index (χ1) is 7.84. The van der Waals surface area contributed by atoms with Gasteiger partial charge in [-0.05, 0) is 50.0 Å². The zero-order valence-electron chi connectivity index (χ0n) is 9.42. The van der Waals surface area contributed by atoms with Crippen LogP contribution in [0.15, 0.2) is 28.7 Å². The van der Waals surface area contributed by atoms with Crippen molar-refractivity contribution in [2.45, 2.75) is 32.0 Å². The lowest BCUT2D eigenvalue weighted by Crippen LogP contribution is -2.17. The number of rotatable bonds is 3. The van der Waals surface area contributed by atoms with Crippen molar-refractivity contribution in [1.29, 1.82) is 0 Å². The van der Waals surface area contributed by atoms with E-state index in [1.807, 2.05) is 0 Å². The summed E-state index contributed by atoms with van der Waals surface area (Å²) in [5.74, 6) is 0. The van der Waals surface area contributed by atoms with E-state index in [0.717, 1.165) is 30.6 Å². The minimum absolute atomic E-state index is 0.429. The maximum Gasteiger partial charge on any atom is 0.0720 e. The second-order valence-electron chi connectivity index (χ2n) is 4.24. The topological polar surface area (TPSA) is 21.3 Å². The maximum absolute atomic E-state index is 5.93. The monoisotopic (exact) mass is 283 g/mol. The Morgan fingerprint density at radius 3 is 2.81 bits per heavy atom. The Kier molecular flexibility index (Phi) is 4.82. The van der Waals surface area contributed by atoms with E-state index in [9.17, 15) is 0 Å². The third-order valence-electron chi connectivity index (χ3n) is 2.92. The van der Waals surface area contributed by atoms with Crippen molar-refractivity contribution in [2.75, 3.05) is 13.1 Å². The number of benzene rings is 1. The first-order valence-electron chi connectivity index (χ1n) is 5.91. The van der Waals surface area contributed by atoms with Crippen molar-refractivity contribution in [3.05, 3.63) is 34.3 Å². The van der Waals surface area contributed by atoms with Gasteiger partial charge >= 0.3 is 0 Å². The number of halogens is 1. The van der Waals surface area contributed by atoms with Crippen molar-refractivity contribution in [3.63, 3.8) is 0 Å². The molecule has 3 heteroatoms. The molecule has 1 aromatic rings. The fourth-order valence-electron chi connectivity index (χ4n) is 1.95. The molecule has 1 fully saturated rings. The summed E-state index contributed by atoms with van der Waals surface area (Å²) >= 11 is 3.43. The lowest BCUT2D eigenvalue weighted by molar-refractivity contribution is 0.0331. The summed E-state index contributed by atoms with van der Waals surface area (Å²) in [5.41, 5.74) is 1.25. The highest BCUT2D eigenvalue weighted by Crippen LogP contribution is 2.14. The van der Waals surface area contributed by atoms with Crippen LogP contribution in [-0.4, -0.2) is 19.2 Å². The molecule has 1 aromatic carbocycles. The van der Waals surface area contributed by atoms with E-state index in [2.05, 4.69) is 45.5 Å². The number of hydrogen-bond donors (Lipinski definition) is 1. The van der Waals surface area contributed by atoms with Gasteiger partial charge in [-0.1, -0.05) is 28.1 Å². The molecule has 0 aliphatic carbocycles. The highest BCUT2D eigenvalue weighted by Gasteiger charge is 2.11. The molecule has 1 N–H and O–H groups in total. The van der Waals surface area contributed by atoms with Crippen LogP contribution in [0.5, 0.6) is 0 Å². The van der Waals surface area contributed by atoms with Gasteiger partial charge < -0.3 is 10.1 Å². The van der Waals surface area contributed by atoms with Crippen LogP contribution in [0.3, 0.4) is 0 Å². The molecule has 88 valence electrons. The molecule has 1 unspecified atom stereocenters. The summed E-state index contributed by atoms with van der Waals surface area (Å²) in [6, 6.07) is 8.35. The third-order valence-corrected chi connectivity index (χ3v) is 3.45. The predicted octanol–water partition coefficient (Wildman–Crippen LogP) is 3.11. The summed E-state index contributed by atoms with van der Waals surface area (Å²) in [6.07, 6.45) is 3.98. The third kappa shape index (κ3) is 3.89. The molecular formula is C13H18BrNO. The quantitative estimate of drug-likeness (QED) is 0.921. The molecule has 1 atom stereocenters. The van der Waals surface area contributed by atoms with Gasteiger partial charge in [-0.15, -0.1) is 0 Å². The Morgan fingerprint density at radius 2 is 2.00 bits per heavy atom. The average Bonchev–Trinajstić information content (AvgIpc) is 2.57. The molecule has 1 saturated heterocycles. The average molecular weight is 284 g/mol. The molecule has 0 amide bonds. The normalized spacial score (nSPS) is 21.7. The fourth-order valence-corrected chi connectivity index (χ4v) is 2.21. The molecule has 1 aliphatic rings. The number of hydrogen-bond acceptors (Lipinski definition) is 2. The minimum Gasteiger partial charge on any atom is -0.373 e. The van der Waals surface area contributed by atoms with Gasteiger partial charge in [0, 0.05) is 4.47 Å². The van der Waals surface area contributed by atoms with Gasteiger partial charge in [0.25, 0.3) is 0 Å². The molecule has 0 radical (unpaired) electrons. The molecule has 16 heavy (non-hydrogen) atoms. The van der Waals surface area contributed by atoms with E-state index in [1.165, 1.54) is 18.4 Å². The molecule has 0 spiro atoms. The van der Waals surface area contributed by atoms with E-state index >= 15 is 0 Å². The molecule has 2 nitrogen and oxygen atoms in total. The van der Waals surface area contributed by atoms with Gasteiger partial charge in [0.1, 0.15) is 0 Å². The van der Waals surface area contributed by atoms with E-state index in [-0.39, 0.29) is 0 Å². The van der Waals surface area contributed by atoms with Gasteiger partial charge in [0.15, 0.2) is 0 Å². The molecule has 1 heterocycles. The lowest BCUT2D eigenvalue weighted by Gasteiger charge is -2.14. The summed E-state index contributed by atoms with van der Waals surface area (Å²) in [6.45, 7) is 2.96. The Morgan fingerprint density at radius 1 is 1.19 bits per heavy atom. The van der Waals surface area contributed by atoms with Crippen LogP contribution in [0.25, 0.3) is 0 Å². The van der Waals surface area contributed by atoms with Crippen LogP contribution in [0.2, 0.25) is 0 Å². The standard InChI is InChI=1S/C13H18BrNO/c14-12-5-3-11(4-6-12)10-16-13-2-1-8-15-9-7-13/h3-6,13,15H,1-2,7-10H2. The lowest BCUT2D eigenvalue weighted by atomic mass is 10.1. The van der Waals surface area contributed by atoms with Crippen molar-refractivity contribution in [2.24, 2.45) is 0 Å². The SMILES string of the molecule is Brc1ccc(COC2CCCNCC2)cc1. The fraction of sp³-hybridized carbons (Fsp3) is 0.538. The van der Waals surface area contributed by atoms with Gasteiger partial charge in [-0.3, -0.25) is 0 Å². The van der Waals surface area contributed by atoms with Crippen molar-refractivity contribution >= 4 is 15.9 Å². The van der Waals surface area contributed by atoms with Crippen LogP contribution in [-0.2, 0) is 11.3 Å². The van der Waals surface area contributed by atoms with E-state index in [4.69, 9.17) is 4.74 Å². The van der Waals surface area contributed by atoms with Gasteiger partial charge in [0.2, 0.25) is 0 Å². The number of ether oxygens (including phenoxy) is 1. The molecule has 2 rings (SSSR count). The molecular weight excluding hydrogens is 266 g/mol. The molecule has 0 saturated carbocycles. The van der Waals surface area contributed by atoms with Crippen LogP contribution in [0.1, 0.15) is 24.8 Å². The first-order valence-corrected chi connectivity index (χ1v) is 6.70. The van der Waals surface area contributed by atoms with Crippen LogP contribution in [0, 0.1) is 0 Å². The maximum atomic E-state index is 5.93. The van der Waals surface area contributed by atoms with Crippen molar-refractivity contribution < 1.29 is 4.74 Å². The van der Waals surface area contributed by atoms with Crippen molar-refractivity contribution in [1.82, 2.24) is 5.32 Å². The van der Waals surface area contributed by atoms with Gasteiger partial charge in [0.05, 0.1) is 12.7 Å². The smallest absolute Gasteiger partial charge is 0.0720 e. The van der Waals surface area contributed by atoms with E-state index < -0.39 is 0 Å². The van der Waals surface area contributed by atoms with E-state index in [0.29, 0.717) is 6.10 Å². The second-order valence-corrected chi connectivity index (χ2v) is 5.16. The number of nitrogens with one attached hydrogen (secondary N) is 1. The van der Waals surface area contributed by atoms with Gasteiger partial charge in [-0.2, -0.15) is 0 Å². The zero-order chi connectivity index (χ0) is 11.2. The largest absolute Gasteiger partial charge is 0.373 e. The van der Waals surface area contributed by atoms with Crippen LogP contribution in [0.4, 0.5) is 0 Å². The Balaban J connectivity index is 1.79. The van der Waals surface area contributed by atoms with Crippen molar-refractivity contribution in [3.8, 4) is 0 Å². The summed E-state index contributed by atoms with van der Waals surface area (Å²) < 4.78 is 7.05. The Hall–Kier alpha value is -0.380. The Labute approximate surface area is 106 Å². The highest BCUT2D eigenvalue weighted by atomic mass is 79.9. The molecule has 1 aliphatic heterocycles. The summed E-state index contributed by atoms with van der Waals surface area (Å²) in [7, 11) is 0. The highest BCUT2D eigenvalue weighted by molar-refractivity contribution is 9.10. The van der Waals surface area contributed by atoms with E-state index in [1.54, 1.807) is 0 Å². The Bertz CT molecular complexity index is 304. The van der Waals surface area contributed by atoms with Crippen LogP contribution < -0.4 is 5.32 Å². The molecule has 0 aromatic heterocycles. The minimum atomic E-state index is 0.429. The molecule has 0 bridgehead atoms. The van der Waals surface area contributed by atoms with Gasteiger partial charge in [-0.25, -0.2) is 0 Å².